The van der Waals surface area contributed by atoms with Crippen molar-refractivity contribution in [3.63, 3.8) is 0 Å². The average molecular weight is 356 g/mol. The summed E-state index contributed by atoms with van der Waals surface area (Å²) in [5.74, 6) is 0.148. The van der Waals surface area contributed by atoms with Gasteiger partial charge in [0.15, 0.2) is 5.82 Å². The van der Waals surface area contributed by atoms with Gasteiger partial charge in [-0.15, -0.1) is 16.7 Å². The van der Waals surface area contributed by atoms with Gasteiger partial charge in [0.1, 0.15) is 0 Å². The molecule has 0 saturated heterocycles. The first-order valence-corrected chi connectivity index (χ1v) is 6.33. The summed E-state index contributed by atoms with van der Waals surface area (Å²) in [5, 5.41) is 9.95. The molecule has 0 saturated carbocycles. The van der Waals surface area contributed by atoms with E-state index in [1.165, 1.54) is 12.1 Å². The number of hydrogen-bond donors (Lipinski definition) is 0. The molecule has 0 amide bonds. The van der Waals surface area contributed by atoms with Gasteiger partial charge in [-0.3, -0.25) is 0 Å². The second-order valence-electron chi connectivity index (χ2n) is 3.72. The normalized spacial score (nSPS) is 13.6. The Morgan fingerprint density at radius 3 is 2.63 bits per heavy atom. The lowest BCUT2D eigenvalue weighted by atomic mass is 10.1. The highest BCUT2D eigenvalue weighted by atomic mass is 79.9. The van der Waals surface area contributed by atoms with E-state index in [1.54, 1.807) is 6.92 Å². The van der Waals surface area contributed by atoms with E-state index in [0.29, 0.717) is 4.47 Å². The molecule has 0 spiro atoms. The Labute approximate surface area is 119 Å². The average Bonchev–Trinajstić information content (AvgIpc) is 2.76. The van der Waals surface area contributed by atoms with Crippen molar-refractivity contribution >= 4 is 27.5 Å². The molecule has 0 N–H and O–H groups in total. The van der Waals surface area contributed by atoms with Crippen LogP contribution in [0, 0.1) is 0 Å². The van der Waals surface area contributed by atoms with E-state index in [-0.39, 0.29) is 11.5 Å². The van der Waals surface area contributed by atoms with Crippen LogP contribution >= 0.6 is 27.5 Å². The van der Waals surface area contributed by atoms with Gasteiger partial charge >= 0.3 is 6.18 Å². The van der Waals surface area contributed by atoms with E-state index in [0.717, 1.165) is 10.7 Å². The molecule has 2 aromatic rings. The molecule has 9 heteroatoms. The third kappa shape index (κ3) is 2.89. The quantitative estimate of drug-likeness (QED) is 0.771. The molecule has 2 rings (SSSR count). The van der Waals surface area contributed by atoms with Crippen molar-refractivity contribution in [2.24, 2.45) is 0 Å². The summed E-state index contributed by atoms with van der Waals surface area (Å²) in [4.78, 5) is 0. The van der Waals surface area contributed by atoms with Gasteiger partial charge in [0.25, 0.3) is 0 Å². The Hall–Kier alpha value is -1.15. The van der Waals surface area contributed by atoms with Crippen LogP contribution in [-0.4, -0.2) is 20.2 Å². The molecule has 0 radical (unpaired) electrons. The largest absolute Gasteiger partial charge is 0.418 e. The molecule has 0 fully saturated rings. The van der Waals surface area contributed by atoms with Gasteiger partial charge < -0.3 is 0 Å². The van der Waals surface area contributed by atoms with Crippen LogP contribution in [0.4, 0.5) is 13.2 Å². The van der Waals surface area contributed by atoms with Crippen LogP contribution in [-0.2, 0) is 6.18 Å². The van der Waals surface area contributed by atoms with Crippen molar-refractivity contribution in [1.29, 1.82) is 0 Å². The first-order valence-electron chi connectivity index (χ1n) is 5.10. The smallest absolute Gasteiger partial charge is 0.195 e. The second-order valence-corrected chi connectivity index (χ2v) is 5.29. The van der Waals surface area contributed by atoms with Gasteiger partial charge in [-0.2, -0.15) is 17.9 Å². The maximum Gasteiger partial charge on any atom is 0.418 e. The molecular formula is C10H7BrClF3N4. The highest BCUT2D eigenvalue weighted by Crippen LogP contribution is 2.36. The number of halogens is 5. The van der Waals surface area contributed by atoms with Crippen LogP contribution in [0.25, 0.3) is 5.69 Å². The summed E-state index contributed by atoms with van der Waals surface area (Å²) in [6.45, 7) is 1.58. The maximum atomic E-state index is 13.0. The van der Waals surface area contributed by atoms with Crippen molar-refractivity contribution in [3.8, 4) is 5.69 Å². The lowest BCUT2D eigenvalue weighted by Crippen LogP contribution is -2.13. The fraction of sp³-hybridized carbons (Fsp3) is 0.300. The first kappa shape index (κ1) is 14.3. The minimum absolute atomic E-state index is 0.148. The molecule has 102 valence electrons. The van der Waals surface area contributed by atoms with Crippen LogP contribution in [0.3, 0.4) is 0 Å². The van der Waals surface area contributed by atoms with Gasteiger partial charge in [-0.25, -0.2) is 0 Å². The number of hydrogen-bond acceptors (Lipinski definition) is 3. The molecule has 0 aliphatic heterocycles. The Morgan fingerprint density at radius 2 is 2.05 bits per heavy atom. The van der Waals surface area contributed by atoms with E-state index < -0.39 is 17.1 Å². The Balaban J connectivity index is 2.65. The maximum absolute atomic E-state index is 13.0. The van der Waals surface area contributed by atoms with Gasteiger partial charge in [-0.05, 0) is 35.5 Å². The monoisotopic (exact) mass is 354 g/mol. The van der Waals surface area contributed by atoms with E-state index in [1.807, 2.05) is 0 Å². The fourth-order valence-corrected chi connectivity index (χ4v) is 2.03. The molecule has 1 unspecified atom stereocenters. The fourth-order valence-electron chi connectivity index (χ4n) is 1.53. The number of tetrazole rings is 1. The predicted octanol–water partition coefficient (Wildman–Crippen LogP) is 3.74. The number of alkyl halides is 4. The summed E-state index contributed by atoms with van der Waals surface area (Å²) in [5.41, 5.74) is -1.00. The van der Waals surface area contributed by atoms with Crippen molar-refractivity contribution in [2.75, 3.05) is 0 Å². The van der Waals surface area contributed by atoms with E-state index in [4.69, 9.17) is 11.6 Å². The number of benzene rings is 1. The number of aromatic nitrogens is 4. The van der Waals surface area contributed by atoms with Gasteiger partial charge in [0, 0.05) is 4.47 Å². The van der Waals surface area contributed by atoms with Gasteiger partial charge in [-0.1, -0.05) is 15.9 Å². The van der Waals surface area contributed by atoms with Crippen LogP contribution in [0.2, 0.25) is 0 Å². The minimum Gasteiger partial charge on any atom is -0.195 e. The number of rotatable bonds is 2. The SMILES string of the molecule is CC(Cl)c1nnnn1-c1ccc(Br)cc1C(F)(F)F. The van der Waals surface area contributed by atoms with Crippen LogP contribution < -0.4 is 0 Å². The lowest BCUT2D eigenvalue weighted by molar-refractivity contribution is -0.137. The Bertz CT molecular complexity index is 597. The third-order valence-corrected chi connectivity index (χ3v) is 3.03. The second kappa shape index (κ2) is 5.09. The topological polar surface area (TPSA) is 43.6 Å². The molecule has 0 aliphatic rings. The highest BCUT2D eigenvalue weighted by Gasteiger charge is 2.35. The lowest BCUT2D eigenvalue weighted by Gasteiger charge is -2.14. The molecule has 4 nitrogen and oxygen atoms in total. The van der Waals surface area contributed by atoms with Crippen LogP contribution in [0.5, 0.6) is 0 Å². The summed E-state index contributed by atoms with van der Waals surface area (Å²) in [7, 11) is 0. The highest BCUT2D eigenvalue weighted by molar-refractivity contribution is 9.10. The van der Waals surface area contributed by atoms with Crippen molar-refractivity contribution in [3.05, 3.63) is 34.1 Å². The van der Waals surface area contributed by atoms with Gasteiger partial charge in [0.2, 0.25) is 0 Å². The zero-order valence-corrected chi connectivity index (χ0v) is 11.8. The minimum atomic E-state index is -4.52. The molecule has 0 aliphatic carbocycles. The summed E-state index contributed by atoms with van der Waals surface area (Å²) >= 11 is 8.86. The van der Waals surface area contributed by atoms with E-state index >= 15 is 0 Å². The molecule has 1 aromatic heterocycles. The third-order valence-electron chi connectivity index (χ3n) is 2.34. The number of nitrogens with zero attached hydrogens (tertiary/aromatic N) is 4. The molecule has 1 atom stereocenters. The zero-order valence-electron chi connectivity index (χ0n) is 9.49. The zero-order chi connectivity index (χ0) is 14.2. The summed E-state index contributed by atoms with van der Waals surface area (Å²) < 4.78 is 40.4. The summed E-state index contributed by atoms with van der Waals surface area (Å²) in [6.07, 6.45) is -4.52. The summed E-state index contributed by atoms with van der Waals surface area (Å²) in [6, 6.07) is 3.74. The van der Waals surface area contributed by atoms with Crippen LogP contribution in [0.15, 0.2) is 22.7 Å². The molecule has 0 bridgehead atoms. The van der Waals surface area contributed by atoms with E-state index in [2.05, 4.69) is 31.5 Å². The Kier molecular flexibility index (Phi) is 3.82. The van der Waals surface area contributed by atoms with E-state index in [9.17, 15) is 13.2 Å². The van der Waals surface area contributed by atoms with Crippen LogP contribution in [0.1, 0.15) is 23.7 Å². The predicted molar refractivity (Wildman–Crippen MR) is 66.1 cm³/mol. The van der Waals surface area contributed by atoms with Gasteiger partial charge in [0.05, 0.1) is 16.6 Å². The van der Waals surface area contributed by atoms with Crippen molar-refractivity contribution in [1.82, 2.24) is 20.2 Å². The first-order chi connectivity index (χ1) is 8.80. The molecule has 1 aromatic carbocycles. The van der Waals surface area contributed by atoms with Crippen molar-refractivity contribution < 1.29 is 13.2 Å². The standard InChI is InChI=1S/C10H7BrClF3N4/c1-5(12)9-16-17-18-19(9)8-3-2-6(11)4-7(8)10(13,14)15/h2-5H,1H3. The van der Waals surface area contributed by atoms with Crippen molar-refractivity contribution in [2.45, 2.75) is 18.5 Å². The molecule has 19 heavy (non-hydrogen) atoms. The Morgan fingerprint density at radius 1 is 1.37 bits per heavy atom. The molecule has 1 heterocycles. The molecular weight excluding hydrogens is 348 g/mol.